The van der Waals surface area contributed by atoms with Crippen molar-refractivity contribution in [2.75, 3.05) is 6.61 Å². The molecule has 1 rings (SSSR count). The van der Waals surface area contributed by atoms with Gasteiger partial charge in [0.1, 0.15) is 5.75 Å². The molecule has 0 atom stereocenters. The molecule has 1 nitrogen and oxygen atoms in total. The molecular formula is C8H8Cl2O. The van der Waals surface area contributed by atoms with E-state index in [-0.39, 0.29) is 0 Å². The van der Waals surface area contributed by atoms with E-state index in [1.165, 1.54) is 0 Å². The van der Waals surface area contributed by atoms with Gasteiger partial charge in [-0.3, -0.25) is 0 Å². The fraction of sp³-hybridized carbons (Fsp3) is 0.250. The first-order chi connectivity index (χ1) is 5.24. The highest BCUT2D eigenvalue weighted by Gasteiger charge is 1.98. The van der Waals surface area contributed by atoms with Crippen LogP contribution in [0.15, 0.2) is 18.2 Å². The quantitative estimate of drug-likeness (QED) is 0.696. The average Bonchev–Trinajstić information content (AvgIpc) is 1.98. The second-order valence-electron chi connectivity index (χ2n) is 2.01. The van der Waals surface area contributed by atoms with E-state index >= 15 is 0 Å². The molecule has 0 saturated carbocycles. The largest absolute Gasteiger partial charge is 0.494 e. The van der Waals surface area contributed by atoms with Gasteiger partial charge in [-0.15, -0.1) is 0 Å². The van der Waals surface area contributed by atoms with E-state index < -0.39 is 0 Å². The Balaban J connectivity index is 2.86. The molecule has 0 saturated heterocycles. The van der Waals surface area contributed by atoms with Crippen LogP contribution in [-0.2, 0) is 0 Å². The zero-order valence-corrected chi connectivity index (χ0v) is 7.62. The van der Waals surface area contributed by atoms with Crippen LogP contribution in [0, 0.1) is 0 Å². The van der Waals surface area contributed by atoms with Crippen LogP contribution in [0.1, 0.15) is 6.92 Å². The summed E-state index contributed by atoms with van der Waals surface area (Å²) < 4.78 is 5.20. The fourth-order valence-electron chi connectivity index (χ4n) is 0.733. The molecule has 3 heteroatoms. The Labute approximate surface area is 75.9 Å². The molecule has 0 radical (unpaired) electrons. The van der Waals surface area contributed by atoms with Crippen molar-refractivity contribution in [3.8, 4) is 5.75 Å². The van der Waals surface area contributed by atoms with Crippen LogP contribution in [0.4, 0.5) is 0 Å². The minimum atomic E-state index is 0.526. The Morgan fingerprint density at radius 2 is 2.00 bits per heavy atom. The Morgan fingerprint density at radius 3 is 2.55 bits per heavy atom. The SMILES string of the molecule is CCOc1ccc(Cl)c(Cl)c1. The molecule has 0 aliphatic carbocycles. The van der Waals surface area contributed by atoms with Crippen molar-refractivity contribution in [2.45, 2.75) is 6.92 Å². The summed E-state index contributed by atoms with van der Waals surface area (Å²) in [7, 11) is 0. The molecule has 1 aromatic carbocycles. The standard InChI is InChI=1S/C8H8Cl2O/c1-2-11-6-3-4-7(9)8(10)5-6/h3-5H,2H2,1H3. The number of halogens is 2. The highest BCUT2D eigenvalue weighted by Crippen LogP contribution is 2.26. The number of ether oxygens (including phenoxy) is 1. The number of rotatable bonds is 2. The minimum Gasteiger partial charge on any atom is -0.494 e. The molecule has 0 heterocycles. The molecule has 0 spiro atoms. The summed E-state index contributed by atoms with van der Waals surface area (Å²) in [6.45, 7) is 2.56. The molecule has 0 aromatic heterocycles. The highest BCUT2D eigenvalue weighted by molar-refractivity contribution is 6.42. The second kappa shape index (κ2) is 3.84. The van der Waals surface area contributed by atoms with Crippen molar-refractivity contribution in [3.63, 3.8) is 0 Å². The molecule has 0 unspecified atom stereocenters. The zero-order chi connectivity index (χ0) is 8.27. The van der Waals surface area contributed by atoms with Crippen LogP contribution in [0.5, 0.6) is 5.75 Å². The molecule has 0 N–H and O–H groups in total. The van der Waals surface area contributed by atoms with Crippen LogP contribution >= 0.6 is 23.2 Å². The summed E-state index contributed by atoms with van der Waals surface area (Å²) in [4.78, 5) is 0. The summed E-state index contributed by atoms with van der Waals surface area (Å²) >= 11 is 11.4. The van der Waals surface area contributed by atoms with Crippen molar-refractivity contribution >= 4 is 23.2 Å². The second-order valence-corrected chi connectivity index (χ2v) is 2.82. The predicted octanol–water partition coefficient (Wildman–Crippen LogP) is 3.39. The van der Waals surface area contributed by atoms with E-state index in [4.69, 9.17) is 27.9 Å². The lowest BCUT2D eigenvalue weighted by atomic mass is 10.3. The first-order valence-electron chi connectivity index (χ1n) is 3.32. The molecule has 60 valence electrons. The molecule has 0 bridgehead atoms. The van der Waals surface area contributed by atoms with Gasteiger partial charge in [-0.25, -0.2) is 0 Å². The van der Waals surface area contributed by atoms with Crippen molar-refractivity contribution in [1.29, 1.82) is 0 Å². The first-order valence-corrected chi connectivity index (χ1v) is 4.07. The summed E-state index contributed by atoms with van der Waals surface area (Å²) in [5.41, 5.74) is 0. The predicted molar refractivity (Wildman–Crippen MR) is 47.6 cm³/mol. The molecule has 1 aromatic rings. The van der Waals surface area contributed by atoms with Gasteiger partial charge in [-0.05, 0) is 19.1 Å². The third-order valence-electron chi connectivity index (χ3n) is 1.20. The Bertz CT molecular complexity index is 248. The maximum Gasteiger partial charge on any atom is 0.120 e. The molecule has 11 heavy (non-hydrogen) atoms. The first kappa shape index (κ1) is 8.69. The molecular weight excluding hydrogens is 183 g/mol. The monoisotopic (exact) mass is 190 g/mol. The lowest BCUT2D eigenvalue weighted by molar-refractivity contribution is 0.340. The van der Waals surface area contributed by atoms with Crippen LogP contribution in [0.2, 0.25) is 10.0 Å². The van der Waals surface area contributed by atoms with Gasteiger partial charge in [0.25, 0.3) is 0 Å². The molecule has 0 aliphatic heterocycles. The Morgan fingerprint density at radius 1 is 1.27 bits per heavy atom. The number of hydrogen-bond acceptors (Lipinski definition) is 1. The van der Waals surface area contributed by atoms with E-state index in [1.807, 2.05) is 6.92 Å². The van der Waals surface area contributed by atoms with Gasteiger partial charge >= 0.3 is 0 Å². The zero-order valence-electron chi connectivity index (χ0n) is 6.10. The van der Waals surface area contributed by atoms with Crippen molar-refractivity contribution < 1.29 is 4.74 Å². The minimum absolute atomic E-state index is 0.526. The van der Waals surface area contributed by atoms with E-state index in [9.17, 15) is 0 Å². The Hall–Kier alpha value is -0.400. The topological polar surface area (TPSA) is 9.23 Å². The summed E-state index contributed by atoms with van der Waals surface area (Å²) in [5, 5.41) is 1.08. The van der Waals surface area contributed by atoms with Gasteiger partial charge in [-0.1, -0.05) is 23.2 Å². The van der Waals surface area contributed by atoms with Crippen molar-refractivity contribution in [2.24, 2.45) is 0 Å². The normalized spacial score (nSPS) is 9.73. The van der Waals surface area contributed by atoms with Gasteiger partial charge < -0.3 is 4.74 Å². The lowest BCUT2D eigenvalue weighted by Gasteiger charge is -2.02. The van der Waals surface area contributed by atoms with Gasteiger partial charge in [0.15, 0.2) is 0 Å². The fourth-order valence-corrected chi connectivity index (χ4v) is 1.02. The highest BCUT2D eigenvalue weighted by atomic mass is 35.5. The molecule has 0 fully saturated rings. The average molecular weight is 191 g/mol. The van der Waals surface area contributed by atoms with E-state index in [0.29, 0.717) is 16.7 Å². The van der Waals surface area contributed by atoms with Crippen molar-refractivity contribution in [3.05, 3.63) is 28.2 Å². The third-order valence-corrected chi connectivity index (χ3v) is 1.94. The summed E-state index contributed by atoms with van der Waals surface area (Å²) in [6.07, 6.45) is 0. The number of hydrogen-bond donors (Lipinski definition) is 0. The van der Waals surface area contributed by atoms with Gasteiger partial charge in [0.2, 0.25) is 0 Å². The molecule has 0 amide bonds. The maximum atomic E-state index is 5.74. The van der Waals surface area contributed by atoms with Crippen molar-refractivity contribution in [1.82, 2.24) is 0 Å². The van der Waals surface area contributed by atoms with Gasteiger partial charge in [-0.2, -0.15) is 0 Å². The van der Waals surface area contributed by atoms with Gasteiger partial charge in [0, 0.05) is 6.07 Å². The smallest absolute Gasteiger partial charge is 0.120 e. The number of benzene rings is 1. The van der Waals surface area contributed by atoms with E-state index in [2.05, 4.69) is 0 Å². The maximum absolute atomic E-state index is 5.74. The summed E-state index contributed by atoms with van der Waals surface area (Å²) in [6, 6.07) is 5.21. The van der Waals surface area contributed by atoms with Crippen LogP contribution in [-0.4, -0.2) is 6.61 Å². The lowest BCUT2D eigenvalue weighted by Crippen LogP contribution is -1.90. The van der Waals surface area contributed by atoms with Crippen LogP contribution in [0.25, 0.3) is 0 Å². The Kier molecular flexibility index (Phi) is 3.03. The van der Waals surface area contributed by atoms with E-state index in [1.54, 1.807) is 18.2 Å². The summed E-state index contributed by atoms with van der Waals surface area (Å²) in [5.74, 6) is 0.752. The molecule has 0 aliphatic rings. The van der Waals surface area contributed by atoms with Crippen LogP contribution < -0.4 is 4.74 Å². The van der Waals surface area contributed by atoms with E-state index in [0.717, 1.165) is 5.75 Å². The van der Waals surface area contributed by atoms with Gasteiger partial charge in [0.05, 0.1) is 16.7 Å². The van der Waals surface area contributed by atoms with Crippen LogP contribution in [0.3, 0.4) is 0 Å². The third kappa shape index (κ3) is 2.28.